The second-order valence-corrected chi connectivity index (χ2v) is 8.79. The highest BCUT2D eigenvalue weighted by Crippen LogP contribution is 2.26. The van der Waals surface area contributed by atoms with Crippen LogP contribution >= 0.6 is 0 Å². The molecule has 0 bridgehead atoms. The molecule has 4 rings (SSSR count). The quantitative estimate of drug-likeness (QED) is 0.745. The molecule has 1 aromatic carbocycles. The molecule has 2 aromatic rings. The summed E-state index contributed by atoms with van der Waals surface area (Å²) in [6.45, 7) is 2.05. The van der Waals surface area contributed by atoms with Gasteiger partial charge in [0.2, 0.25) is 15.9 Å². The second kappa shape index (κ2) is 6.81. The fourth-order valence-corrected chi connectivity index (χ4v) is 4.91. The van der Waals surface area contributed by atoms with Crippen LogP contribution in [0.4, 0.5) is 0 Å². The fourth-order valence-electron chi connectivity index (χ4n) is 3.32. The number of rotatable bonds is 6. The van der Waals surface area contributed by atoms with E-state index in [0.717, 1.165) is 24.2 Å². The Kier molecular flexibility index (Phi) is 4.49. The van der Waals surface area contributed by atoms with Gasteiger partial charge >= 0.3 is 0 Å². The Morgan fingerprint density at radius 2 is 1.92 bits per heavy atom. The van der Waals surface area contributed by atoms with E-state index in [1.54, 1.807) is 9.58 Å². The number of aromatic nitrogens is 3. The van der Waals surface area contributed by atoms with Gasteiger partial charge < -0.3 is 4.90 Å². The van der Waals surface area contributed by atoms with E-state index in [-0.39, 0.29) is 17.7 Å². The van der Waals surface area contributed by atoms with Gasteiger partial charge in [0.05, 0.1) is 24.5 Å². The zero-order valence-electron chi connectivity index (χ0n) is 14.4. The fraction of sp³-hybridized carbons (Fsp3) is 0.471. The number of benzene rings is 1. The molecule has 2 saturated heterocycles. The largest absolute Gasteiger partial charge is 0.337 e. The number of hydrogen-bond acceptors (Lipinski definition) is 5. The zero-order valence-corrected chi connectivity index (χ0v) is 15.2. The van der Waals surface area contributed by atoms with Gasteiger partial charge in [-0.3, -0.25) is 4.79 Å². The molecule has 1 amide bonds. The monoisotopic (exact) mass is 375 g/mol. The zero-order chi connectivity index (χ0) is 18.1. The number of amides is 1. The van der Waals surface area contributed by atoms with Crippen molar-refractivity contribution in [1.29, 1.82) is 0 Å². The van der Waals surface area contributed by atoms with E-state index < -0.39 is 10.0 Å². The van der Waals surface area contributed by atoms with E-state index in [2.05, 4.69) is 10.3 Å². The molecular formula is C17H21N5O3S. The molecule has 2 fully saturated rings. The molecule has 0 N–H and O–H groups in total. The minimum absolute atomic E-state index is 0.00363. The van der Waals surface area contributed by atoms with Crippen molar-refractivity contribution in [2.24, 2.45) is 0 Å². The van der Waals surface area contributed by atoms with Crippen molar-refractivity contribution in [3.8, 4) is 0 Å². The number of likely N-dealkylation sites (tertiary alicyclic amines) is 1. The standard InChI is InChI=1S/C17H21N5O3S/c23-17-7-4-8-20(17)9-15-10-22(19-18-15)16-11-21(12-16)26(24,25)13-14-5-2-1-3-6-14/h1-3,5-6,10,16H,4,7-9,11-13H2. The van der Waals surface area contributed by atoms with E-state index in [4.69, 9.17) is 0 Å². The molecule has 0 spiro atoms. The molecular weight excluding hydrogens is 354 g/mol. The molecule has 1 aromatic heterocycles. The van der Waals surface area contributed by atoms with E-state index in [1.807, 2.05) is 36.5 Å². The number of carbonyl (C=O) groups excluding carboxylic acids is 1. The van der Waals surface area contributed by atoms with Gasteiger partial charge in [0.25, 0.3) is 0 Å². The van der Waals surface area contributed by atoms with Crippen LogP contribution in [0.1, 0.15) is 30.1 Å². The summed E-state index contributed by atoms with van der Waals surface area (Å²) in [5, 5.41) is 8.24. The van der Waals surface area contributed by atoms with E-state index in [0.29, 0.717) is 26.1 Å². The van der Waals surface area contributed by atoms with Crippen LogP contribution in [0.25, 0.3) is 0 Å². The lowest BCUT2D eigenvalue weighted by atomic mass is 10.2. The first-order chi connectivity index (χ1) is 12.5. The average Bonchev–Trinajstić information content (AvgIpc) is 3.16. The molecule has 0 saturated carbocycles. The van der Waals surface area contributed by atoms with Gasteiger partial charge in [-0.05, 0) is 12.0 Å². The first-order valence-corrected chi connectivity index (χ1v) is 10.3. The Bertz CT molecular complexity index is 890. The van der Waals surface area contributed by atoms with Crippen molar-refractivity contribution >= 4 is 15.9 Å². The summed E-state index contributed by atoms with van der Waals surface area (Å²) in [6, 6.07) is 9.18. The Balaban J connectivity index is 1.34. The van der Waals surface area contributed by atoms with Crippen molar-refractivity contribution in [3.63, 3.8) is 0 Å². The van der Waals surface area contributed by atoms with E-state index in [9.17, 15) is 13.2 Å². The second-order valence-electron chi connectivity index (χ2n) is 6.82. The molecule has 26 heavy (non-hydrogen) atoms. The molecule has 9 heteroatoms. The number of nitrogens with zero attached hydrogens (tertiary/aromatic N) is 5. The third kappa shape index (κ3) is 3.49. The third-order valence-corrected chi connectivity index (χ3v) is 6.65. The summed E-state index contributed by atoms with van der Waals surface area (Å²) in [5.41, 5.74) is 1.53. The van der Waals surface area contributed by atoms with E-state index in [1.165, 1.54) is 4.31 Å². The third-order valence-electron chi connectivity index (χ3n) is 4.87. The summed E-state index contributed by atoms with van der Waals surface area (Å²) in [6.07, 6.45) is 3.31. The van der Waals surface area contributed by atoms with Gasteiger partial charge in [-0.15, -0.1) is 5.10 Å². The highest BCUT2D eigenvalue weighted by atomic mass is 32.2. The summed E-state index contributed by atoms with van der Waals surface area (Å²) in [4.78, 5) is 13.5. The predicted molar refractivity (Wildman–Crippen MR) is 94.3 cm³/mol. The van der Waals surface area contributed by atoms with Crippen LogP contribution in [-0.2, 0) is 27.1 Å². The molecule has 8 nitrogen and oxygen atoms in total. The lowest BCUT2D eigenvalue weighted by molar-refractivity contribution is -0.128. The molecule has 0 atom stereocenters. The molecule has 0 unspecified atom stereocenters. The van der Waals surface area contributed by atoms with Crippen molar-refractivity contribution in [1.82, 2.24) is 24.2 Å². The van der Waals surface area contributed by atoms with Gasteiger partial charge in [0, 0.05) is 26.1 Å². The van der Waals surface area contributed by atoms with Crippen LogP contribution in [0.2, 0.25) is 0 Å². The maximum Gasteiger partial charge on any atom is 0.222 e. The normalized spacial score (nSPS) is 19.1. The van der Waals surface area contributed by atoms with Crippen molar-refractivity contribution in [2.45, 2.75) is 31.2 Å². The average molecular weight is 375 g/mol. The van der Waals surface area contributed by atoms with E-state index >= 15 is 0 Å². The number of carbonyl (C=O) groups is 1. The van der Waals surface area contributed by atoms with Crippen LogP contribution < -0.4 is 0 Å². The summed E-state index contributed by atoms with van der Waals surface area (Å²) < 4.78 is 28.1. The summed E-state index contributed by atoms with van der Waals surface area (Å²) >= 11 is 0. The lowest BCUT2D eigenvalue weighted by Gasteiger charge is -2.37. The molecule has 138 valence electrons. The smallest absolute Gasteiger partial charge is 0.222 e. The highest BCUT2D eigenvalue weighted by Gasteiger charge is 2.37. The first-order valence-electron chi connectivity index (χ1n) is 8.71. The topological polar surface area (TPSA) is 88.4 Å². The number of sulfonamides is 1. The van der Waals surface area contributed by atoms with Crippen LogP contribution in [0.5, 0.6) is 0 Å². The maximum atomic E-state index is 12.5. The van der Waals surface area contributed by atoms with Gasteiger partial charge in [0.1, 0.15) is 5.69 Å². The molecule has 3 heterocycles. The highest BCUT2D eigenvalue weighted by molar-refractivity contribution is 7.88. The van der Waals surface area contributed by atoms with Crippen LogP contribution in [0, 0.1) is 0 Å². The minimum Gasteiger partial charge on any atom is -0.337 e. The maximum absolute atomic E-state index is 12.5. The predicted octanol–water partition coefficient (Wildman–Crippen LogP) is 0.787. The Labute approximate surface area is 152 Å². The molecule has 2 aliphatic rings. The Hall–Kier alpha value is -2.26. The molecule has 2 aliphatic heterocycles. The van der Waals surface area contributed by atoms with Crippen molar-refractivity contribution in [2.75, 3.05) is 19.6 Å². The lowest BCUT2D eigenvalue weighted by Crippen LogP contribution is -2.51. The van der Waals surface area contributed by atoms with Gasteiger partial charge in [-0.1, -0.05) is 35.5 Å². The Morgan fingerprint density at radius 1 is 1.15 bits per heavy atom. The molecule has 0 aliphatic carbocycles. The van der Waals surface area contributed by atoms with Crippen LogP contribution in [0.15, 0.2) is 36.5 Å². The van der Waals surface area contributed by atoms with Gasteiger partial charge in [0.15, 0.2) is 0 Å². The van der Waals surface area contributed by atoms with Crippen LogP contribution in [0.3, 0.4) is 0 Å². The van der Waals surface area contributed by atoms with Crippen LogP contribution in [-0.4, -0.2) is 58.2 Å². The Morgan fingerprint density at radius 3 is 2.62 bits per heavy atom. The SMILES string of the molecule is O=C1CCCN1Cc1cn(C2CN(S(=O)(=O)Cc3ccccc3)C2)nn1. The number of hydrogen-bond donors (Lipinski definition) is 0. The van der Waals surface area contributed by atoms with Gasteiger partial charge in [-0.2, -0.15) is 4.31 Å². The summed E-state index contributed by atoms with van der Waals surface area (Å²) in [7, 11) is -3.32. The van der Waals surface area contributed by atoms with Crippen molar-refractivity contribution in [3.05, 3.63) is 47.8 Å². The van der Waals surface area contributed by atoms with Gasteiger partial charge in [-0.25, -0.2) is 13.1 Å². The molecule has 0 radical (unpaired) electrons. The van der Waals surface area contributed by atoms with Crippen molar-refractivity contribution < 1.29 is 13.2 Å². The summed E-state index contributed by atoms with van der Waals surface area (Å²) in [5.74, 6) is 0.168. The first kappa shape index (κ1) is 17.2. The minimum atomic E-state index is -3.32.